The molecule has 0 amide bonds. The Morgan fingerprint density at radius 3 is 2.41 bits per heavy atom. The van der Waals surface area contributed by atoms with Gasteiger partial charge in [-0.2, -0.15) is 0 Å². The van der Waals surface area contributed by atoms with Gasteiger partial charge in [0.2, 0.25) is 0 Å². The maximum atomic E-state index is 9.58. The van der Waals surface area contributed by atoms with Gasteiger partial charge in [-0.25, -0.2) is 9.97 Å². The van der Waals surface area contributed by atoms with Gasteiger partial charge in [0.1, 0.15) is 11.6 Å². The highest BCUT2D eigenvalue weighted by atomic mass is 16.3. The number of aromatic nitrogens is 3. The number of nitrogens with zero attached hydrogens (tertiary/aromatic N) is 4. The second kappa shape index (κ2) is 7.79. The van der Waals surface area contributed by atoms with Crippen LogP contribution in [0.1, 0.15) is 53.8 Å². The summed E-state index contributed by atoms with van der Waals surface area (Å²) in [5, 5.41) is 10.7. The molecule has 5 heteroatoms. The molecular formula is C24H32N4O. The van der Waals surface area contributed by atoms with Crippen LogP contribution in [0.5, 0.6) is 0 Å². The van der Waals surface area contributed by atoms with E-state index < -0.39 is 0 Å². The predicted octanol–water partition coefficient (Wildman–Crippen LogP) is 4.70. The molecule has 0 saturated carbocycles. The molecule has 29 heavy (non-hydrogen) atoms. The predicted molar refractivity (Wildman–Crippen MR) is 119 cm³/mol. The number of piperidine rings is 1. The first-order chi connectivity index (χ1) is 13.9. The summed E-state index contributed by atoms with van der Waals surface area (Å²) in [7, 11) is 0. The summed E-state index contributed by atoms with van der Waals surface area (Å²) in [4.78, 5) is 12.2. The van der Waals surface area contributed by atoms with Crippen LogP contribution < -0.4 is 4.90 Å². The third-order valence-corrected chi connectivity index (χ3v) is 6.17. The second-order valence-corrected chi connectivity index (χ2v) is 8.58. The molecule has 0 spiro atoms. The van der Waals surface area contributed by atoms with E-state index >= 15 is 0 Å². The summed E-state index contributed by atoms with van der Waals surface area (Å²) in [5.74, 6) is 1.83. The fraction of sp³-hybridized carbons (Fsp3) is 0.500. The number of hydrogen-bond acceptors (Lipinski definition) is 4. The van der Waals surface area contributed by atoms with Gasteiger partial charge in [0, 0.05) is 25.4 Å². The number of aliphatic hydroxyl groups is 1. The van der Waals surface area contributed by atoms with E-state index in [1.165, 1.54) is 40.8 Å². The lowest BCUT2D eigenvalue weighted by Crippen LogP contribution is -2.41. The smallest absolute Gasteiger partial charge is 0.150 e. The molecule has 2 aromatic heterocycles. The molecule has 0 aliphatic carbocycles. The first kappa shape index (κ1) is 19.9. The van der Waals surface area contributed by atoms with Crippen LogP contribution in [0, 0.1) is 34.6 Å². The minimum absolute atomic E-state index is 0.218. The monoisotopic (exact) mass is 392 g/mol. The third kappa shape index (κ3) is 3.52. The van der Waals surface area contributed by atoms with Crippen LogP contribution in [0.25, 0.3) is 16.7 Å². The summed E-state index contributed by atoms with van der Waals surface area (Å²) >= 11 is 0. The van der Waals surface area contributed by atoms with Crippen molar-refractivity contribution < 1.29 is 5.11 Å². The molecule has 0 radical (unpaired) electrons. The van der Waals surface area contributed by atoms with E-state index in [1.807, 2.05) is 6.92 Å². The van der Waals surface area contributed by atoms with E-state index in [0.29, 0.717) is 6.04 Å². The fourth-order valence-electron chi connectivity index (χ4n) is 5.05. The van der Waals surface area contributed by atoms with Crippen LogP contribution in [0.15, 0.2) is 18.3 Å². The molecule has 3 heterocycles. The Kier molecular flexibility index (Phi) is 5.34. The first-order valence-corrected chi connectivity index (χ1v) is 10.7. The quantitative estimate of drug-likeness (QED) is 0.699. The number of rotatable bonds is 4. The van der Waals surface area contributed by atoms with Crippen molar-refractivity contribution in [2.24, 2.45) is 0 Å². The van der Waals surface area contributed by atoms with Crippen LogP contribution >= 0.6 is 0 Å². The molecule has 5 nitrogen and oxygen atoms in total. The highest BCUT2D eigenvalue weighted by Gasteiger charge is 2.27. The van der Waals surface area contributed by atoms with E-state index in [0.717, 1.165) is 42.1 Å². The molecule has 1 atom stereocenters. The van der Waals surface area contributed by atoms with E-state index in [-0.39, 0.29) is 6.61 Å². The second-order valence-electron chi connectivity index (χ2n) is 8.58. The summed E-state index contributed by atoms with van der Waals surface area (Å²) in [6.07, 6.45) is 6.50. The van der Waals surface area contributed by atoms with Gasteiger partial charge in [0.25, 0.3) is 0 Å². The standard InChI is InChI=1S/C24H32N4O/c1-15-12-16(2)22(17(3)13-15)28-14-18(4)21-23(25-19(5)26-24(21)28)27-10-7-6-8-20(27)9-11-29/h12-14,20,29H,6-11H2,1-5H3. The zero-order chi connectivity index (χ0) is 20.7. The Balaban J connectivity index is 1.94. The van der Waals surface area contributed by atoms with Crippen molar-refractivity contribution >= 4 is 16.9 Å². The number of benzene rings is 1. The molecule has 3 aromatic rings. The van der Waals surface area contributed by atoms with Crippen molar-refractivity contribution in [2.75, 3.05) is 18.1 Å². The molecule has 1 saturated heterocycles. The van der Waals surface area contributed by atoms with E-state index in [1.54, 1.807) is 0 Å². The van der Waals surface area contributed by atoms with E-state index in [2.05, 4.69) is 55.5 Å². The van der Waals surface area contributed by atoms with Crippen LogP contribution in [-0.4, -0.2) is 38.8 Å². The Bertz CT molecular complexity index is 1030. The lowest BCUT2D eigenvalue weighted by molar-refractivity contribution is 0.262. The zero-order valence-electron chi connectivity index (χ0n) is 18.3. The van der Waals surface area contributed by atoms with Crippen molar-refractivity contribution in [2.45, 2.75) is 66.3 Å². The van der Waals surface area contributed by atoms with Crippen LogP contribution in [0.2, 0.25) is 0 Å². The molecule has 4 rings (SSSR count). The molecule has 0 bridgehead atoms. The Morgan fingerprint density at radius 1 is 1.00 bits per heavy atom. The third-order valence-electron chi connectivity index (χ3n) is 6.17. The molecule has 1 N–H and O–H groups in total. The lowest BCUT2D eigenvalue weighted by Gasteiger charge is -2.37. The SMILES string of the molecule is Cc1cc(C)c(-n2cc(C)c3c(N4CCCCC4CCO)nc(C)nc32)c(C)c1. The minimum Gasteiger partial charge on any atom is -0.396 e. The Morgan fingerprint density at radius 2 is 1.72 bits per heavy atom. The van der Waals surface area contributed by atoms with Crippen molar-refractivity contribution in [1.29, 1.82) is 0 Å². The number of aliphatic hydroxyl groups excluding tert-OH is 1. The van der Waals surface area contributed by atoms with Crippen molar-refractivity contribution in [1.82, 2.24) is 14.5 Å². The fourth-order valence-corrected chi connectivity index (χ4v) is 5.05. The highest BCUT2D eigenvalue weighted by molar-refractivity contribution is 5.93. The van der Waals surface area contributed by atoms with Crippen LogP contribution in [0.3, 0.4) is 0 Å². The van der Waals surface area contributed by atoms with Gasteiger partial charge in [-0.1, -0.05) is 17.7 Å². The molecule has 1 aliphatic heterocycles. The van der Waals surface area contributed by atoms with Gasteiger partial charge in [-0.3, -0.25) is 0 Å². The highest BCUT2D eigenvalue weighted by Crippen LogP contribution is 2.35. The van der Waals surface area contributed by atoms with Gasteiger partial charge >= 0.3 is 0 Å². The molecule has 1 unspecified atom stereocenters. The van der Waals surface area contributed by atoms with Crippen molar-refractivity contribution in [3.8, 4) is 5.69 Å². The average molecular weight is 393 g/mol. The van der Waals surface area contributed by atoms with Crippen molar-refractivity contribution in [3.63, 3.8) is 0 Å². The molecule has 1 fully saturated rings. The largest absolute Gasteiger partial charge is 0.396 e. The molecular weight excluding hydrogens is 360 g/mol. The number of anilines is 1. The van der Waals surface area contributed by atoms with Gasteiger partial charge in [-0.15, -0.1) is 0 Å². The minimum atomic E-state index is 0.218. The molecule has 154 valence electrons. The van der Waals surface area contributed by atoms with Gasteiger partial charge < -0.3 is 14.6 Å². The van der Waals surface area contributed by atoms with E-state index in [9.17, 15) is 5.11 Å². The maximum absolute atomic E-state index is 9.58. The summed E-state index contributed by atoms with van der Waals surface area (Å²) < 4.78 is 2.25. The maximum Gasteiger partial charge on any atom is 0.150 e. The number of fused-ring (bicyclic) bond motifs is 1. The van der Waals surface area contributed by atoms with Gasteiger partial charge in [-0.05, 0) is 77.0 Å². The van der Waals surface area contributed by atoms with Gasteiger partial charge in [0.15, 0.2) is 5.65 Å². The molecule has 1 aliphatic rings. The summed E-state index contributed by atoms with van der Waals surface area (Å²) in [6.45, 7) is 11.8. The summed E-state index contributed by atoms with van der Waals surface area (Å²) in [6, 6.07) is 4.82. The Hall–Kier alpha value is -2.40. The Labute approximate surface area is 173 Å². The molecule has 1 aromatic carbocycles. The normalized spacial score (nSPS) is 17.3. The first-order valence-electron chi connectivity index (χ1n) is 10.7. The number of aryl methyl sites for hydroxylation is 5. The van der Waals surface area contributed by atoms with E-state index in [4.69, 9.17) is 9.97 Å². The summed E-state index contributed by atoms with van der Waals surface area (Å²) in [5.41, 5.74) is 7.18. The average Bonchev–Trinajstić information content (AvgIpc) is 2.97. The topological polar surface area (TPSA) is 54.2 Å². The number of hydrogen-bond donors (Lipinski definition) is 1. The van der Waals surface area contributed by atoms with Crippen LogP contribution in [-0.2, 0) is 0 Å². The van der Waals surface area contributed by atoms with Crippen molar-refractivity contribution in [3.05, 3.63) is 46.4 Å². The lowest BCUT2D eigenvalue weighted by atomic mass is 9.99. The zero-order valence-corrected chi connectivity index (χ0v) is 18.3. The van der Waals surface area contributed by atoms with Crippen LogP contribution in [0.4, 0.5) is 5.82 Å². The van der Waals surface area contributed by atoms with Gasteiger partial charge in [0.05, 0.1) is 11.1 Å².